The second kappa shape index (κ2) is 7.44. The summed E-state index contributed by atoms with van der Waals surface area (Å²) < 4.78 is 4.73. The van der Waals surface area contributed by atoms with Gasteiger partial charge in [-0.05, 0) is 19.4 Å². The van der Waals surface area contributed by atoms with Crippen molar-refractivity contribution in [1.82, 2.24) is 0 Å². The average molecular weight is 382 g/mol. The minimum absolute atomic E-state index is 0.482. The topological polar surface area (TPSA) is 176 Å². The van der Waals surface area contributed by atoms with E-state index < -0.39 is 70.4 Å². The molecule has 146 valence electrons. The highest BCUT2D eigenvalue weighted by atomic mass is 16.5. The van der Waals surface area contributed by atoms with Gasteiger partial charge < -0.3 is 25.2 Å². The fourth-order valence-corrected chi connectivity index (χ4v) is 2.96. The van der Waals surface area contributed by atoms with Gasteiger partial charge in [0.1, 0.15) is 10.8 Å². The monoisotopic (exact) mass is 382 g/mol. The molecule has 0 heterocycles. The van der Waals surface area contributed by atoms with Crippen LogP contribution in [0.25, 0.3) is 0 Å². The SMILES string of the molecule is C=CC(=O)OCCC1=C(C(=O)O)C(C)(C(=O)O)C=C(C(=O)O)C1(C)C(=O)O. The fourth-order valence-electron chi connectivity index (χ4n) is 2.96. The summed E-state index contributed by atoms with van der Waals surface area (Å²) in [5.74, 6) is -7.66. The second-order valence-corrected chi connectivity index (χ2v) is 6.08. The van der Waals surface area contributed by atoms with E-state index in [0.717, 1.165) is 19.9 Å². The number of rotatable bonds is 8. The Kier molecular flexibility index (Phi) is 5.96. The zero-order valence-corrected chi connectivity index (χ0v) is 14.5. The summed E-state index contributed by atoms with van der Waals surface area (Å²) in [4.78, 5) is 58.3. The quantitative estimate of drug-likeness (QED) is 0.345. The highest BCUT2D eigenvalue weighted by Crippen LogP contribution is 2.50. The summed E-state index contributed by atoms with van der Waals surface area (Å²) in [6, 6.07) is 0. The molecule has 0 spiro atoms. The van der Waals surface area contributed by atoms with Gasteiger partial charge in [0.05, 0.1) is 17.8 Å². The molecule has 0 aromatic carbocycles. The molecule has 10 heteroatoms. The number of carbonyl (C=O) groups excluding carboxylic acids is 1. The Morgan fingerprint density at radius 1 is 1.04 bits per heavy atom. The summed E-state index contributed by atoms with van der Waals surface area (Å²) in [6.07, 6.45) is 0.944. The van der Waals surface area contributed by atoms with Crippen LogP contribution in [0.3, 0.4) is 0 Å². The molecule has 0 bridgehead atoms. The highest BCUT2D eigenvalue weighted by Gasteiger charge is 2.55. The first-order valence-corrected chi connectivity index (χ1v) is 7.54. The van der Waals surface area contributed by atoms with Crippen molar-refractivity contribution >= 4 is 29.8 Å². The van der Waals surface area contributed by atoms with Crippen LogP contribution in [-0.2, 0) is 28.7 Å². The Morgan fingerprint density at radius 2 is 1.59 bits per heavy atom. The molecule has 0 saturated carbocycles. The van der Waals surface area contributed by atoms with Gasteiger partial charge in [0, 0.05) is 12.5 Å². The van der Waals surface area contributed by atoms with Gasteiger partial charge in [0.2, 0.25) is 0 Å². The molecule has 0 amide bonds. The molecule has 0 aromatic rings. The average Bonchev–Trinajstić information content (AvgIpc) is 2.56. The van der Waals surface area contributed by atoms with E-state index in [1.807, 2.05) is 0 Å². The molecule has 1 rings (SSSR count). The van der Waals surface area contributed by atoms with E-state index in [4.69, 9.17) is 4.74 Å². The van der Waals surface area contributed by atoms with Crippen LogP contribution in [0.4, 0.5) is 0 Å². The van der Waals surface area contributed by atoms with Crippen molar-refractivity contribution in [1.29, 1.82) is 0 Å². The maximum Gasteiger partial charge on any atom is 0.333 e. The zero-order valence-electron chi connectivity index (χ0n) is 14.5. The van der Waals surface area contributed by atoms with Crippen molar-refractivity contribution in [2.24, 2.45) is 10.8 Å². The second-order valence-electron chi connectivity index (χ2n) is 6.08. The minimum atomic E-state index is -2.34. The third-order valence-corrected chi connectivity index (χ3v) is 4.48. The van der Waals surface area contributed by atoms with E-state index in [2.05, 4.69) is 6.58 Å². The summed E-state index contributed by atoms with van der Waals surface area (Å²) in [7, 11) is 0. The van der Waals surface area contributed by atoms with E-state index in [0.29, 0.717) is 6.08 Å². The van der Waals surface area contributed by atoms with Gasteiger partial charge >= 0.3 is 29.8 Å². The van der Waals surface area contributed by atoms with Crippen LogP contribution in [0.1, 0.15) is 20.3 Å². The van der Waals surface area contributed by atoms with Gasteiger partial charge in [-0.25, -0.2) is 14.4 Å². The first-order chi connectivity index (χ1) is 12.3. The number of esters is 1. The van der Waals surface area contributed by atoms with Gasteiger partial charge in [0.15, 0.2) is 0 Å². The van der Waals surface area contributed by atoms with Crippen LogP contribution in [0.2, 0.25) is 0 Å². The molecule has 0 aliphatic heterocycles. The van der Waals surface area contributed by atoms with Gasteiger partial charge in [-0.15, -0.1) is 0 Å². The third kappa shape index (κ3) is 3.59. The molecule has 1 aliphatic carbocycles. The van der Waals surface area contributed by atoms with Crippen molar-refractivity contribution in [3.63, 3.8) is 0 Å². The van der Waals surface area contributed by atoms with E-state index in [9.17, 15) is 44.4 Å². The first-order valence-electron chi connectivity index (χ1n) is 7.54. The lowest BCUT2D eigenvalue weighted by molar-refractivity contribution is -0.150. The summed E-state index contributed by atoms with van der Waals surface area (Å²) in [5.41, 5.74) is -6.71. The smallest absolute Gasteiger partial charge is 0.333 e. The van der Waals surface area contributed by atoms with Crippen molar-refractivity contribution in [3.05, 3.63) is 35.5 Å². The Balaban J connectivity index is 3.77. The summed E-state index contributed by atoms with van der Waals surface area (Å²) in [5, 5.41) is 38.2. The van der Waals surface area contributed by atoms with Crippen LogP contribution in [0.15, 0.2) is 35.5 Å². The molecular formula is C17H18O10. The van der Waals surface area contributed by atoms with Gasteiger partial charge in [-0.1, -0.05) is 12.7 Å². The van der Waals surface area contributed by atoms with Crippen molar-refractivity contribution in [2.75, 3.05) is 6.61 Å². The van der Waals surface area contributed by atoms with Crippen LogP contribution in [0, 0.1) is 10.8 Å². The molecule has 4 N–H and O–H groups in total. The standard InChI is InChI=1S/C17H18O10/c1-4-10(18)27-6-5-8-11(13(21)22)16(2,14(23)24)7-9(12(19)20)17(8,3)15(25)26/h4,7H,1,5-6H2,2-3H3,(H,19,20)(H,21,22)(H,23,24)(H,25,26). The van der Waals surface area contributed by atoms with Crippen LogP contribution >= 0.6 is 0 Å². The van der Waals surface area contributed by atoms with E-state index in [-0.39, 0.29) is 0 Å². The lowest BCUT2D eigenvalue weighted by Gasteiger charge is -2.39. The molecule has 0 saturated heterocycles. The number of hydrogen-bond acceptors (Lipinski definition) is 6. The Bertz CT molecular complexity index is 803. The lowest BCUT2D eigenvalue weighted by Crippen LogP contribution is -2.46. The molecule has 2 atom stereocenters. The largest absolute Gasteiger partial charge is 0.480 e. The normalized spacial score (nSPS) is 24.6. The molecular weight excluding hydrogens is 364 g/mol. The fraction of sp³-hybridized carbons (Fsp3) is 0.353. The van der Waals surface area contributed by atoms with E-state index in [1.165, 1.54) is 0 Å². The predicted molar refractivity (Wildman–Crippen MR) is 87.6 cm³/mol. The molecule has 1 aliphatic rings. The number of ether oxygens (including phenoxy) is 1. The Labute approximate surface area is 153 Å². The maximum atomic E-state index is 11.9. The number of carboxylic acids is 4. The molecule has 10 nitrogen and oxygen atoms in total. The third-order valence-electron chi connectivity index (χ3n) is 4.48. The van der Waals surface area contributed by atoms with Crippen molar-refractivity contribution in [3.8, 4) is 0 Å². The van der Waals surface area contributed by atoms with E-state index >= 15 is 0 Å². The summed E-state index contributed by atoms with van der Waals surface area (Å²) in [6.45, 7) is 4.59. The molecule has 0 aromatic heterocycles. The Hall–Kier alpha value is -3.43. The Morgan fingerprint density at radius 3 is 1.96 bits per heavy atom. The predicted octanol–water partition coefficient (Wildman–Crippen LogP) is 0.693. The van der Waals surface area contributed by atoms with Gasteiger partial charge in [-0.3, -0.25) is 9.59 Å². The number of hydrogen-bond donors (Lipinski definition) is 4. The number of carboxylic acid groups (broad SMARTS) is 4. The zero-order chi connectivity index (χ0) is 21.2. The first kappa shape index (κ1) is 21.6. The van der Waals surface area contributed by atoms with Crippen LogP contribution < -0.4 is 0 Å². The molecule has 27 heavy (non-hydrogen) atoms. The minimum Gasteiger partial charge on any atom is -0.480 e. The molecule has 2 unspecified atom stereocenters. The molecule has 0 radical (unpaired) electrons. The number of aliphatic carboxylic acids is 4. The van der Waals surface area contributed by atoms with Gasteiger partial charge in [-0.2, -0.15) is 0 Å². The highest BCUT2D eigenvalue weighted by molar-refractivity contribution is 6.07. The molecule has 0 fully saturated rings. The van der Waals surface area contributed by atoms with Gasteiger partial charge in [0.25, 0.3) is 0 Å². The lowest BCUT2D eigenvalue weighted by atomic mass is 9.61. The summed E-state index contributed by atoms with van der Waals surface area (Å²) >= 11 is 0. The number of carbonyl (C=O) groups is 5. The van der Waals surface area contributed by atoms with Crippen molar-refractivity contribution in [2.45, 2.75) is 20.3 Å². The van der Waals surface area contributed by atoms with Crippen molar-refractivity contribution < 1.29 is 49.1 Å². The van der Waals surface area contributed by atoms with E-state index in [1.54, 1.807) is 0 Å². The maximum absolute atomic E-state index is 11.9. The van der Waals surface area contributed by atoms with Crippen LogP contribution in [0.5, 0.6) is 0 Å². The van der Waals surface area contributed by atoms with Crippen LogP contribution in [-0.4, -0.2) is 56.9 Å².